The Kier molecular flexibility index (Phi) is 4.98. The smallest absolute Gasteiger partial charge is 0.232 e. The molecule has 0 aliphatic heterocycles. The summed E-state index contributed by atoms with van der Waals surface area (Å²) < 4.78 is 25.4. The molecule has 0 fully saturated rings. The molecule has 4 nitrogen and oxygen atoms in total. The number of benzene rings is 2. The molecule has 2 aromatic rings. The summed E-state index contributed by atoms with van der Waals surface area (Å²) in [5, 5.41) is 4.25. The molecule has 0 unspecified atom stereocenters. The van der Waals surface area contributed by atoms with Gasteiger partial charge < -0.3 is 5.32 Å². The monoisotopic (exact) mass is 344 g/mol. The van der Waals surface area contributed by atoms with Gasteiger partial charge in [0.05, 0.1) is 16.5 Å². The first kappa shape index (κ1) is 15.9. The zero-order valence-corrected chi connectivity index (χ0v) is 13.6. The van der Waals surface area contributed by atoms with Crippen molar-refractivity contribution in [2.45, 2.75) is 6.92 Å². The molecule has 0 aliphatic carbocycles. The summed E-state index contributed by atoms with van der Waals surface area (Å²) in [6.45, 7) is 1.58. The van der Waals surface area contributed by atoms with Gasteiger partial charge in [-0.2, -0.15) is 0 Å². The topological polar surface area (TPSA) is 58.2 Å². The standard InChI is InChI=1S/C14H14Cl2N2O2S/c1-2-21(19,20)18-12-6-4-11(5-7-12)17-14-9-10(15)3-8-13(14)16/h3-9,17-18H,2H2,1H3. The zero-order valence-electron chi connectivity index (χ0n) is 11.2. The van der Waals surface area contributed by atoms with Crippen LogP contribution >= 0.6 is 23.2 Å². The van der Waals surface area contributed by atoms with E-state index in [4.69, 9.17) is 23.2 Å². The SMILES string of the molecule is CCS(=O)(=O)Nc1ccc(Nc2cc(Cl)ccc2Cl)cc1. The van der Waals surface area contributed by atoms with E-state index in [-0.39, 0.29) is 5.75 Å². The second-order valence-corrected chi connectivity index (χ2v) is 7.19. The number of halogens is 2. The van der Waals surface area contributed by atoms with Crippen molar-refractivity contribution in [3.8, 4) is 0 Å². The molecule has 0 heterocycles. The van der Waals surface area contributed by atoms with Crippen LogP contribution in [0.25, 0.3) is 0 Å². The van der Waals surface area contributed by atoms with Crippen molar-refractivity contribution in [1.82, 2.24) is 0 Å². The van der Waals surface area contributed by atoms with Crippen LogP contribution in [0.5, 0.6) is 0 Å². The Bertz CT molecular complexity index is 731. The fraction of sp³-hybridized carbons (Fsp3) is 0.143. The Morgan fingerprint density at radius 2 is 1.62 bits per heavy atom. The Morgan fingerprint density at radius 1 is 1.00 bits per heavy atom. The van der Waals surface area contributed by atoms with E-state index in [1.54, 1.807) is 49.4 Å². The van der Waals surface area contributed by atoms with Crippen LogP contribution in [0.3, 0.4) is 0 Å². The number of anilines is 3. The molecular formula is C14H14Cl2N2O2S. The summed E-state index contributed by atoms with van der Waals surface area (Å²) in [7, 11) is -3.27. The third-order valence-electron chi connectivity index (χ3n) is 2.75. The highest BCUT2D eigenvalue weighted by Crippen LogP contribution is 2.28. The van der Waals surface area contributed by atoms with Crippen LogP contribution in [0.15, 0.2) is 42.5 Å². The predicted octanol–water partition coefficient (Wildman–Crippen LogP) is 4.50. The molecule has 0 aliphatic rings. The number of rotatable bonds is 5. The molecule has 0 bridgehead atoms. The lowest BCUT2D eigenvalue weighted by atomic mass is 10.2. The van der Waals surface area contributed by atoms with Crippen LogP contribution in [0, 0.1) is 0 Å². The number of nitrogens with one attached hydrogen (secondary N) is 2. The molecule has 112 valence electrons. The van der Waals surface area contributed by atoms with Crippen LogP contribution in [0.2, 0.25) is 10.0 Å². The first-order valence-corrected chi connectivity index (χ1v) is 8.63. The Labute approximate surface area is 134 Å². The van der Waals surface area contributed by atoms with E-state index < -0.39 is 10.0 Å². The van der Waals surface area contributed by atoms with Gasteiger partial charge in [-0.3, -0.25) is 4.72 Å². The molecule has 2 aromatic carbocycles. The van der Waals surface area contributed by atoms with E-state index in [1.165, 1.54) is 0 Å². The summed E-state index contributed by atoms with van der Waals surface area (Å²) in [5.74, 6) is 0.0329. The van der Waals surface area contributed by atoms with Gasteiger partial charge in [-0.05, 0) is 49.4 Å². The van der Waals surface area contributed by atoms with Crippen LogP contribution < -0.4 is 10.0 Å². The van der Waals surface area contributed by atoms with Crippen molar-refractivity contribution in [2.24, 2.45) is 0 Å². The fourth-order valence-corrected chi connectivity index (χ4v) is 2.60. The van der Waals surface area contributed by atoms with E-state index in [1.807, 2.05) is 0 Å². The van der Waals surface area contributed by atoms with Gasteiger partial charge >= 0.3 is 0 Å². The van der Waals surface area contributed by atoms with Gasteiger partial charge in [-0.1, -0.05) is 23.2 Å². The number of hydrogen-bond acceptors (Lipinski definition) is 3. The predicted molar refractivity (Wildman–Crippen MR) is 89.3 cm³/mol. The van der Waals surface area contributed by atoms with Crippen molar-refractivity contribution in [3.05, 3.63) is 52.5 Å². The first-order chi connectivity index (χ1) is 9.89. The third-order valence-corrected chi connectivity index (χ3v) is 4.62. The minimum Gasteiger partial charge on any atom is -0.354 e. The van der Waals surface area contributed by atoms with Crippen molar-refractivity contribution in [3.63, 3.8) is 0 Å². The fourth-order valence-electron chi connectivity index (χ4n) is 1.62. The minimum atomic E-state index is -3.27. The highest BCUT2D eigenvalue weighted by molar-refractivity contribution is 7.92. The average molecular weight is 345 g/mol. The summed E-state index contributed by atoms with van der Waals surface area (Å²) in [6.07, 6.45) is 0. The van der Waals surface area contributed by atoms with Crippen LogP contribution in [0.1, 0.15) is 6.92 Å². The second kappa shape index (κ2) is 6.56. The highest BCUT2D eigenvalue weighted by atomic mass is 35.5. The van der Waals surface area contributed by atoms with Crippen molar-refractivity contribution < 1.29 is 8.42 Å². The Balaban J connectivity index is 2.14. The maximum Gasteiger partial charge on any atom is 0.232 e. The highest BCUT2D eigenvalue weighted by Gasteiger charge is 2.07. The van der Waals surface area contributed by atoms with E-state index in [9.17, 15) is 8.42 Å². The van der Waals surface area contributed by atoms with E-state index >= 15 is 0 Å². The van der Waals surface area contributed by atoms with Gasteiger partial charge in [-0.15, -0.1) is 0 Å². The Hall–Kier alpha value is -1.43. The molecule has 0 radical (unpaired) electrons. The molecule has 21 heavy (non-hydrogen) atoms. The molecule has 2 N–H and O–H groups in total. The van der Waals surface area contributed by atoms with E-state index in [2.05, 4.69) is 10.0 Å². The maximum absolute atomic E-state index is 11.5. The van der Waals surface area contributed by atoms with Crippen molar-refractivity contribution in [2.75, 3.05) is 15.8 Å². The van der Waals surface area contributed by atoms with Crippen LogP contribution in [-0.4, -0.2) is 14.2 Å². The molecule has 2 rings (SSSR count). The first-order valence-electron chi connectivity index (χ1n) is 6.22. The van der Waals surface area contributed by atoms with Crippen LogP contribution in [-0.2, 0) is 10.0 Å². The number of hydrogen-bond donors (Lipinski definition) is 2. The van der Waals surface area contributed by atoms with Crippen LogP contribution in [0.4, 0.5) is 17.1 Å². The number of sulfonamides is 1. The third kappa shape index (κ3) is 4.52. The normalized spacial score (nSPS) is 11.2. The summed E-state index contributed by atoms with van der Waals surface area (Å²) >= 11 is 12.0. The zero-order chi connectivity index (χ0) is 15.5. The average Bonchev–Trinajstić information content (AvgIpc) is 2.45. The molecular weight excluding hydrogens is 331 g/mol. The minimum absolute atomic E-state index is 0.0329. The van der Waals surface area contributed by atoms with Gasteiger partial charge in [0.2, 0.25) is 10.0 Å². The lowest BCUT2D eigenvalue weighted by Gasteiger charge is -2.10. The molecule has 0 saturated carbocycles. The van der Waals surface area contributed by atoms with E-state index in [0.29, 0.717) is 21.4 Å². The van der Waals surface area contributed by atoms with E-state index in [0.717, 1.165) is 5.69 Å². The quantitative estimate of drug-likeness (QED) is 0.839. The lowest BCUT2D eigenvalue weighted by Crippen LogP contribution is -2.14. The maximum atomic E-state index is 11.5. The van der Waals surface area contributed by atoms with Crippen molar-refractivity contribution >= 4 is 50.3 Å². The van der Waals surface area contributed by atoms with Gasteiger partial charge in [-0.25, -0.2) is 8.42 Å². The van der Waals surface area contributed by atoms with Gasteiger partial charge in [0.15, 0.2) is 0 Å². The van der Waals surface area contributed by atoms with Gasteiger partial charge in [0.25, 0.3) is 0 Å². The largest absolute Gasteiger partial charge is 0.354 e. The summed E-state index contributed by atoms with van der Waals surface area (Å²) in [5.41, 5.74) is 1.98. The molecule has 7 heteroatoms. The Morgan fingerprint density at radius 3 is 2.24 bits per heavy atom. The summed E-state index contributed by atoms with van der Waals surface area (Å²) in [6, 6.07) is 12.0. The molecule has 0 spiro atoms. The van der Waals surface area contributed by atoms with Gasteiger partial charge in [0.1, 0.15) is 0 Å². The molecule has 0 aromatic heterocycles. The second-order valence-electron chi connectivity index (χ2n) is 4.33. The molecule has 0 amide bonds. The lowest BCUT2D eigenvalue weighted by molar-refractivity contribution is 0.602. The summed E-state index contributed by atoms with van der Waals surface area (Å²) in [4.78, 5) is 0. The van der Waals surface area contributed by atoms with Gasteiger partial charge in [0, 0.05) is 16.4 Å². The van der Waals surface area contributed by atoms with Crippen molar-refractivity contribution in [1.29, 1.82) is 0 Å². The molecule has 0 atom stereocenters. The molecule has 0 saturated heterocycles.